The third-order valence-corrected chi connectivity index (χ3v) is 3.83. The van der Waals surface area contributed by atoms with Crippen LogP contribution in [0.5, 0.6) is 0 Å². The van der Waals surface area contributed by atoms with Gasteiger partial charge in [0.2, 0.25) is 0 Å². The normalized spacial score (nSPS) is 11.2. The summed E-state index contributed by atoms with van der Waals surface area (Å²) >= 11 is 0. The Morgan fingerprint density at radius 1 is 1.32 bits per heavy atom. The van der Waals surface area contributed by atoms with Gasteiger partial charge in [-0.3, -0.25) is 9.89 Å². The highest BCUT2D eigenvalue weighted by Gasteiger charge is 2.19. The van der Waals surface area contributed by atoms with Crippen LogP contribution in [0.2, 0.25) is 0 Å². The first-order chi connectivity index (χ1) is 12.0. The number of nitrogens with one attached hydrogen (secondary N) is 2. The van der Waals surface area contributed by atoms with Gasteiger partial charge in [-0.05, 0) is 31.2 Å². The molecule has 9 heteroatoms. The Kier molecular flexibility index (Phi) is 3.34. The van der Waals surface area contributed by atoms with Crippen molar-refractivity contribution in [1.29, 1.82) is 0 Å². The molecule has 0 unspecified atom stereocenters. The highest BCUT2D eigenvalue weighted by Crippen LogP contribution is 2.25. The lowest BCUT2D eigenvalue weighted by Crippen LogP contribution is -2.12. The van der Waals surface area contributed by atoms with Crippen LogP contribution in [0, 0.1) is 12.7 Å². The molecule has 0 aliphatic rings. The molecule has 8 nitrogen and oxygen atoms in total. The second kappa shape index (κ2) is 5.55. The molecule has 0 bridgehead atoms. The van der Waals surface area contributed by atoms with E-state index < -0.39 is 5.91 Å². The van der Waals surface area contributed by atoms with Crippen LogP contribution in [-0.4, -0.2) is 31.0 Å². The zero-order chi connectivity index (χ0) is 17.6. The number of carbonyl (C=O) groups excluding carboxylic acids is 1. The van der Waals surface area contributed by atoms with Gasteiger partial charge in [-0.2, -0.15) is 10.2 Å². The topological polar surface area (TPSA) is 102 Å². The molecule has 0 saturated heterocycles. The molecular weight excluding hydrogens is 327 g/mol. The Morgan fingerprint density at radius 3 is 2.84 bits per heavy atom. The van der Waals surface area contributed by atoms with E-state index in [1.807, 2.05) is 6.92 Å². The van der Waals surface area contributed by atoms with Crippen molar-refractivity contribution in [1.82, 2.24) is 25.1 Å². The second-order valence-electron chi connectivity index (χ2n) is 5.54. The first kappa shape index (κ1) is 15.1. The minimum absolute atomic E-state index is 0.101. The summed E-state index contributed by atoms with van der Waals surface area (Å²) in [6, 6.07) is 7.21. The summed E-state index contributed by atoms with van der Waals surface area (Å²) in [5.74, 6) is 0.0108. The first-order valence-corrected chi connectivity index (χ1v) is 7.44. The van der Waals surface area contributed by atoms with E-state index in [1.54, 1.807) is 23.9 Å². The lowest BCUT2D eigenvalue weighted by molar-refractivity contribution is 0.101. The molecule has 4 aromatic rings. The Bertz CT molecular complexity index is 1080. The molecule has 1 aromatic carbocycles. The van der Waals surface area contributed by atoms with Crippen LogP contribution < -0.4 is 5.32 Å². The third kappa shape index (κ3) is 2.55. The summed E-state index contributed by atoms with van der Waals surface area (Å²) in [5, 5.41) is 18.4. The van der Waals surface area contributed by atoms with E-state index in [0.29, 0.717) is 22.8 Å². The minimum Gasteiger partial charge on any atom is -0.355 e. The van der Waals surface area contributed by atoms with Crippen LogP contribution in [0.1, 0.15) is 16.2 Å². The molecule has 1 amide bonds. The number of aromatic amines is 1. The molecule has 126 valence electrons. The summed E-state index contributed by atoms with van der Waals surface area (Å²) in [6.07, 6.45) is 0. The van der Waals surface area contributed by atoms with E-state index in [4.69, 9.17) is 4.52 Å². The number of aromatic nitrogens is 5. The van der Waals surface area contributed by atoms with Crippen molar-refractivity contribution in [3.63, 3.8) is 0 Å². The molecule has 0 atom stereocenters. The molecule has 2 N–H and O–H groups in total. The zero-order valence-corrected chi connectivity index (χ0v) is 13.4. The third-order valence-electron chi connectivity index (χ3n) is 3.83. The predicted octanol–water partition coefficient (Wildman–Crippen LogP) is 2.65. The van der Waals surface area contributed by atoms with E-state index >= 15 is 0 Å². The summed E-state index contributed by atoms with van der Waals surface area (Å²) in [4.78, 5) is 12.4. The minimum atomic E-state index is -0.453. The monoisotopic (exact) mass is 340 g/mol. The Balaban J connectivity index is 1.60. The molecule has 3 heterocycles. The fourth-order valence-electron chi connectivity index (χ4n) is 2.63. The van der Waals surface area contributed by atoms with E-state index in [-0.39, 0.29) is 11.5 Å². The number of aryl methyl sites for hydroxylation is 2. The van der Waals surface area contributed by atoms with Crippen LogP contribution in [0.4, 0.5) is 10.2 Å². The van der Waals surface area contributed by atoms with Gasteiger partial charge in [0.15, 0.2) is 17.1 Å². The van der Waals surface area contributed by atoms with Gasteiger partial charge in [0.25, 0.3) is 5.91 Å². The average Bonchev–Trinajstić information content (AvgIpc) is 3.27. The number of H-pyrrole nitrogens is 1. The van der Waals surface area contributed by atoms with Gasteiger partial charge >= 0.3 is 0 Å². The van der Waals surface area contributed by atoms with Crippen LogP contribution in [0.15, 0.2) is 34.9 Å². The highest BCUT2D eigenvalue weighted by molar-refractivity contribution is 6.07. The van der Waals surface area contributed by atoms with E-state index in [1.165, 1.54) is 18.2 Å². The molecule has 0 saturated carbocycles. The number of hydrogen-bond donors (Lipinski definition) is 2. The number of nitrogens with zero attached hydrogens (tertiary/aromatic N) is 4. The number of hydrogen-bond acceptors (Lipinski definition) is 5. The summed E-state index contributed by atoms with van der Waals surface area (Å²) in [6.45, 7) is 1.83. The Hall–Kier alpha value is -3.49. The number of fused-ring (bicyclic) bond motifs is 1. The molecule has 4 rings (SSSR count). The summed E-state index contributed by atoms with van der Waals surface area (Å²) < 4.78 is 19.8. The van der Waals surface area contributed by atoms with Crippen LogP contribution in [0.25, 0.3) is 22.4 Å². The van der Waals surface area contributed by atoms with Gasteiger partial charge in [-0.1, -0.05) is 5.16 Å². The molecule has 0 fully saturated rings. The first-order valence-electron chi connectivity index (χ1n) is 7.44. The van der Waals surface area contributed by atoms with Crippen molar-refractivity contribution in [2.45, 2.75) is 6.92 Å². The van der Waals surface area contributed by atoms with E-state index in [9.17, 15) is 9.18 Å². The standard InChI is InChI=1S/C16H13FN6O2/c1-8-13-14(19-20-15(13)23(2)21-8)18-16(24)11-7-12(25-22-11)9-3-5-10(17)6-4-9/h3-7H,1-2H3,(H2,18,19,20,24). The largest absolute Gasteiger partial charge is 0.355 e. The summed E-state index contributed by atoms with van der Waals surface area (Å²) in [5.41, 5.74) is 2.11. The van der Waals surface area contributed by atoms with Crippen LogP contribution >= 0.6 is 0 Å². The maximum atomic E-state index is 13.0. The number of benzene rings is 1. The van der Waals surface area contributed by atoms with Crippen molar-refractivity contribution in [2.75, 3.05) is 5.32 Å². The van der Waals surface area contributed by atoms with Gasteiger partial charge in [0.1, 0.15) is 11.6 Å². The SMILES string of the molecule is Cc1nn(C)c2n[nH]c(NC(=O)c3cc(-c4ccc(F)cc4)on3)c12. The van der Waals surface area contributed by atoms with Crippen LogP contribution in [0.3, 0.4) is 0 Å². The van der Waals surface area contributed by atoms with Gasteiger partial charge in [0.05, 0.1) is 11.1 Å². The molecule has 0 aliphatic heterocycles. The molecular formula is C16H13FN6O2. The van der Waals surface area contributed by atoms with Crippen molar-refractivity contribution >= 4 is 22.8 Å². The summed E-state index contributed by atoms with van der Waals surface area (Å²) in [7, 11) is 1.77. The quantitative estimate of drug-likeness (QED) is 0.597. The van der Waals surface area contributed by atoms with Gasteiger partial charge in [0, 0.05) is 18.7 Å². The lowest BCUT2D eigenvalue weighted by Gasteiger charge is -1.98. The van der Waals surface area contributed by atoms with Crippen molar-refractivity contribution in [2.24, 2.45) is 7.05 Å². The molecule has 0 aliphatic carbocycles. The average molecular weight is 340 g/mol. The number of carbonyl (C=O) groups is 1. The smallest absolute Gasteiger partial charge is 0.279 e. The highest BCUT2D eigenvalue weighted by atomic mass is 19.1. The van der Waals surface area contributed by atoms with Gasteiger partial charge in [-0.25, -0.2) is 9.07 Å². The van der Waals surface area contributed by atoms with E-state index in [0.717, 1.165) is 11.1 Å². The molecule has 25 heavy (non-hydrogen) atoms. The zero-order valence-electron chi connectivity index (χ0n) is 13.4. The van der Waals surface area contributed by atoms with Crippen molar-refractivity contribution in [3.05, 3.63) is 47.5 Å². The molecule has 0 radical (unpaired) electrons. The predicted molar refractivity (Wildman–Crippen MR) is 87.4 cm³/mol. The van der Waals surface area contributed by atoms with Crippen LogP contribution in [-0.2, 0) is 7.05 Å². The maximum Gasteiger partial charge on any atom is 0.279 e. The van der Waals surface area contributed by atoms with Gasteiger partial charge in [-0.15, -0.1) is 0 Å². The lowest BCUT2D eigenvalue weighted by atomic mass is 10.1. The number of rotatable bonds is 3. The Morgan fingerprint density at radius 2 is 2.08 bits per heavy atom. The van der Waals surface area contributed by atoms with E-state index in [2.05, 4.69) is 25.8 Å². The fourth-order valence-corrected chi connectivity index (χ4v) is 2.63. The Labute approximate surface area is 140 Å². The van der Waals surface area contributed by atoms with Crippen molar-refractivity contribution in [3.8, 4) is 11.3 Å². The molecule has 0 spiro atoms. The van der Waals surface area contributed by atoms with Crippen molar-refractivity contribution < 1.29 is 13.7 Å². The second-order valence-corrected chi connectivity index (χ2v) is 5.54. The molecule has 3 aromatic heterocycles. The maximum absolute atomic E-state index is 13.0. The number of amides is 1. The number of halogens is 1. The number of anilines is 1. The van der Waals surface area contributed by atoms with Gasteiger partial charge < -0.3 is 9.84 Å². The fraction of sp³-hybridized carbons (Fsp3) is 0.125.